The topological polar surface area (TPSA) is 75.6 Å². The van der Waals surface area contributed by atoms with Crippen molar-refractivity contribution in [3.8, 4) is 0 Å². The highest BCUT2D eigenvalue weighted by atomic mass is 19.1. The summed E-state index contributed by atoms with van der Waals surface area (Å²) in [5.74, 6) is -2.71. The first kappa shape index (κ1) is 17.9. The summed E-state index contributed by atoms with van der Waals surface area (Å²) < 4.78 is 31.3. The number of halogens is 2. The van der Waals surface area contributed by atoms with Crippen LogP contribution in [0.5, 0.6) is 0 Å². The number of aliphatic carboxylic acids is 1. The van der Waals surface area contributed by atoms with Crippen LogP contribution in [0.25, 0.3) is 0 Å². The van der Waals surface area contributed by atoms with E-state index in [4.69, 9.17) is 9.84 Å². The SMILES string of the molecule is CC(C)(C)OC(=O)N[C@H](CCc1ccc(F)cc1F)C(=O)O. The van der Waals surface area contributed by atoms with Crippen molar-refractivity contribution < 1.29 is 28.2 Å². The standard InChI is InChI=1S/C15H19F2NO4/c1-15(2,3)22-14(21)18-12(13(19)20)7-5-9-4-6-10(16)8-11(9)17/h4,6,8,12H,5,7H2,1-3H3,(H,18,21)(H,19,20)/t12-/m1/s1. The molecule has 122 valence electrons. The monoisotopic (exact) mass is 315 g/mol. The molecule has 0 aromatic heterocycles. The summed E-state index contributed by atoms with van der Waals surface area (Å²) in [6.07, 6.45) is -0.866. The highest BCUT2D eigenvalue weighted by molar-refractivity contribution is 5.80. The second-order valence-corrected chi connectivity index (χ2v) is 5.81. The van der Waals surface area contributed by atoms with Gasteiger partial charge in [-0.15, -0.1) is 0 Å². The third-order valence-electron chi connectivity index (χ3n) is 2.71. The molecule has 0 radical (unpaired) electrons. The van der Waals surface area contributed by atoms with Crippen LogP contribution < -0.4 is 5.32 Å². The zero-order valence-electron chi connectivity index (χ0n) is 12.7. The largest absolute Gasteiger partial charge is 0.480 e. The molecule has 1 aromatic rings. The Morgan fingerprint density at radius 3 is 2.45 bits per heavy atom. The number of hydrogen-bond acceptors (Lipinski definition) is 3. The normalized spacial score (nSPS) is 12.6. The summed E-state index contributed by atoms with van der Waals surface area (Å²) in [5, 5.41) is 11.3. The first-order chi connectivity index (χ1) is 10.1. The van der Waals surface area contributed by atoms with Gasteiger partial charge in [0, 0.05) is 6.07 Å². The van der Waals surface area contributed by atoms with Gasteiger partial charge in [0.1, 0.15) is 23.3 Å². The molecular formula is C15H19F2NO4. The van der Waals surface area contributed by atoms with Gasteiger partial charge in [-0.2, -0.15) is 0 Å². The average Bonchev–Trinajstić information content (AvgIpc) is 2.33. The maximum absolute atomic E-state index is 13.5. The number of benzene rings is 1. The van der Waals surface area contributed by atoms with E-state index >= 15 is 0 Å². The molecule has 0 aliphatic heterocycles. The van der Waals surface area contributed by atoms with Gasteiger partial charge in [0.05, 0.1) is 0 Å². The molecule has 0 heterocycles. The molecule has 1 aromatic carbocycles. The Morgan fingerprint density at radius 1 is 1.32 bits per heavy atom. The van der Waals surface area contributed by atoms with Gasteiger partial charge in [0.2, 0.25) is 0 Å². The summed E-state index contributed by atoms with van der Waals surface area (Å²) in [5.41, 5.74) is -0.574. The van der Waals surface area contributed by atoms with Crippen LogP contribution in [0.15, 0.2) is 18.2 Å². The summed E-state index contributed by atoms with van der Waals surface area (Å²) >= 11 is 0. The first-order valence-corrected chi connectivity index (χ1v) is 6.75. The van der Waals surface area contributed by atoms with Crippen molar-refractivity contribution >= 4 is 12.1 Å². The Balaban J connectivity index is 2.65. The van der Waals surface area contributed by atoms with E-state index in [1.807, 2.05) is 0 Å². The van der Waals surface area contributed by atoms with E-state index in [1.165, 1.54) is 6.07 Å². The fourth-order valence-corrected chi connectivity index (χ4v) is 1.73. The Bertz CT molecular complexity index is 555. The molecule has 7 heteroatoms. The van der Waals surface area contributed by atoms with Gasteiger partial charge in [-0.25, -0.2) is 18.4 Å². The maximum atomic E-state index is 13.5. The number of carboxylic acid groups (broad SMARTS) is 1. The molecular weight excluding hydrogens is 296 g/mol. The van der Waals surface area contributed by atoms with E-state index < -0.39 is 35.3 Å². The molecule has 2 N–H and O–H groups in total. The fourth-order valence-electron chi connectivity index (χ4n) is 1.73. The smallest absolute Gasteiger partial charge is 0.408 e. The molecule has 22 heavy (non-hydrogen) atoms. The third kappa shape index (κ3) is 6.07. The number of alkyl carbamates (subject to hydrolysis) is 1. The molecule has 5 nitrogen and oxygen atoms in total. The highest BCUT2D eigenvalue weighted by Crippen LogP contribution is 2.13. The van der Waals surface area contributed by atoms with E-state index in [0.717, 1.165) is 12.1 Å². The van der Waals surface area contributed by atoms with Crippen LogP contribution in [-0.2, 0) is 16.0 Å². The summed E-state index contributed by atoms with van der Waals surface area (Å²) in [7, 11) is 0. The van der Waals surface area contributed by atoms with Gasteiger partial charge in [0.25, 0.3) is 0 Å². The van der Waals surface area contributed by atoms with E-state index in [-0.39, 0.29) is 18.4 Å². The Hall–Kier alpha value is -2.18. The van der Waals surface area contributed by atoms with Crippen LogP contribution in [-0.4, -0.2) is 28.8 Å². The van der Waals surface area contributed by atoms with Crippen molar-refractivity contribution in [1.82, 2.24) is 5.32 Å². The fraction of sp³-hybridized carbons (Fsp3) is 0.467. The molecule has 0 spiro atoms. The van der Waals surface area contributed by atoms with Crippen LogP contribution in [0.4, 0.5) is 13.6 Å². The number of carboxylic acids is 1. The van der Waals surface area contributed by atoms with Crippen molar-refractivity contribution in [3.63, 3.8) is 0 Å². The molecule has 0 unspecified atom stereocenters. The molecule has 0 aliphatic rings. The molecule has 1 amide bonds. The first-order valence-electron chi connectivity index (χ1n) is 6.75. The van der Waals surface area contributed by atoms with Crippen molar-refractivity contribution in [3.05, 3.63) is 35.4 Å². The molecule has 1 atom stereocenters. The number of carbonyl (C=O) groups excluding carboxylic acids is 1. The van der Waals surface area contributed by atoms with Crippen LogP contribution in [0.1, 0.15) is 32.8 Å². The Kier molecular flexibility index (Phi) is 5.84. The lowest BCUT2D eigenvalue weighted by atomic mass is 10.0. The second kappa shape index (κ2) is 7.20. The van der Waals surface area contributed by atoms with Crippen LogP contribution in [0.3, 0.4) is 0 Å². The van der Waals surface area contributed by atoms with Gasteiger partial charge in [-0.05, 0) is 45.2 Å². The number of ether oxygens (including phenoxy) is 1. The van der Waals surface area contributed by atoms with Crippen LogP contribution in [0.2, 0.25) is 0 Å². The van der Waals surface area contributed by atoms with Gasteiger partial charge in [0.15, 0.2) is 0 Å². The minimum atomic E-state index is -1.26. The number of rotatable bonds is 5. The van der Waals surface area contributed by atoms with Gasteiger partial charge in [-0.1, -0.05) is 6.07 Å². The summed E-state index contributed by atoms with van der Waals surface area (Å²) in [6.45, 7) is 4.95. The predicted molar refractivity (Wildman–Crippen MR) is 75.5 cm³/mol. The van der Waals surface area contributed by atoms with Gasteiger partial charge in [-0.3, -0.25) is 0 Å². The van der Waals surface area contributed by atoms with Crippen molar-refractivity contribution in [2.75, 3.05) is 0 Å². The third-order valence-corrected chi connectivity index (χ3v) is 2.71. The van der Waals surface area contributed by atoms with Crippen molar-refractivity contribution in [2.24, 2.45) is 0 Å². The van der Waals surface area contributed by atoms with E-state index in [9.17, 15) is 18.4 Å². The van der Waals surface area contributed by atoms with E-state index in [1.54, 1.807) is 20.8 Å². The number of nitrogens with one attached hydrogen (secondary N) is 1. The zero-order chi connectivity index (χ0) is 16.9. The number of hydrogen-bond donors (Lipinski definition) is 2. The molecule has 0 aliphatic carbocycles. The zero-order valence-corrected chi connectivity index (χ0v) is 12.7. The lowest BCUT2D eigenvalue weighted by Crippen LogP contribution is -2.43. The quantitative estimate of drug-likeness (QED) is 0.876. The minimum Gasteiger partial charge on any atom is -0.480 e. The Labute approximate surface area is 127 Å². The molecule has 0 bridgehead atoms. The number of carbonyl (C=O) groups is 2. The van der Waals surface area contributed by atoms with Crippen LogP contribution >= 0.6 is 0 Å². The van der Waals surface area contributed by atoms with Crippen LogP contribution in [0, 0.1) is 11.6 Å². The molecule has 0 fully saturated rings. The second-order valence-electron chi connectivity index (χ2n) is 5.81. The van der Waals surface area contributed by atoms with E-state index in [0.29, 0.717) is 0 Å². The summed E-state index contributed by atoms with van der Waals surface area (Å²) in [6, 6.07) is 1.85. The lowest BCUT2D eigenvalue weighted by molar-refractivity contribution is -0.139. The minimum absolute atomic E-state index is 0.0406. The molecule has 0 saturated carbocycles. The summed E-state index contributed by atoms with van der Waals surface area (Å²) in [4.78, 5) is 22.7. The molecule has 0 saturated heterocycles. The lowest BCUT2D eigenvalue weighted by Gasteiger charge is -2.22. The predicted octanol–water partition coefficient (Wildman–Crippen LogP) is 2.88. The van der Waals surface area contributed by atoms with Gasteiger partial charge < -0.3 is 15.2 Å². The van der Waals surface area contributed by atoms with Crippen molar-refractivity contribution in [1.29, 1.82) is 0 Å². The number of amides is 1. The maximum Gasteiger partial charge on any atom is 0.408 e. The number of aryl methyl sites for hydroxylation is 1. The molecule has 1 rings (SSSR count). The Morgan fingerprint density at radius 2 is 1.95 bits per heavy atom. The van der Waals surface area contributed by atoms with E-state index in [2.05, 4.69) is 5.32 Å². The van der Waals surface area contributed by atoms with Gasteiger partial charge >= 0.3 is 12.1 Å². The highest BCUT2D eigenvalue weighted by Gasteiger charge is 2.24. The average molecular weight is 315 g/mol. The van der Waals surface area contributed by atoms with Crippen molar-refractivity contribution in [2.45, 2.75) is 45.3 Å².